The maximum Gasteiger partial charge on any atom is 0.168 e. The van der Waals surface area contributed by atoms with Crippen molar-refractivity contribution in [1.29, 1.82) is 0 Å². The van der Waals surface area contributed by atoms with E-state index in [1.165, 1.54) is 12.8 Å². The fraction of sp³-hybridized carbons (Fsp3) is 1.00. The van der Waals surface area contributed by atoms with Gasteiger partial charge in [-0.15, -0.1) is 0 Å². The maximum absolute atomic E-state index is 12.9. The molecule has 1 rings (SSSR count). The summed E-state index contributed by atoms with van der Waals surface area (Å²) in [6.45, 7) is 0.787. The minimum atomic E-state index is -0.999. The van der Waals surface area contributed by atoms with Crippen molar-refractivity contribution in [2.75, 3.05) is 6.54 Å². The molecule has 0 heterocycles. The molecule has 3 heteroatoms. The number of nitrogens with two attached hydrogens (primary N) is 1. The molecule has 0 bridgehead atoms. The lowest BCUT2D eigenvalue weighted by molar-refractivity contribution is 0.400. The van der Waals surface area contributed by atoms with E-state index in [-0.39, 0.29) is 5.92 Å². The number of alkyl halides is 2. The van der Waals surface area contributed by atoms with E-state index < -0.39 is 4.58 Å². The minimum absolute atomic E-state index is 0.287. The summed E-state index contributed by atoms with van der Waals surface area (Å²) < 4.78 is 11.9. The van der Waals surface area contributed by atoms with Crippen LogP contribution in [-0.2, 0) is 0 Å². The third kappa shape index (κ3) is 3.40. The second-order valence-corrected chi connectivity index (χ2v) is 4.97. The standard InChI is InChI=1S/C9H17BrFN/c10-9(11)7-8(9)5-3-1-2-4-6-12/h8H,1-7,12H2. The molecule has 0 aromatic heterocycles. The van der Waals surface area contributed by atoms with Crippen LogP contribution in [0, 0.1) is 5.92 Å². The van der Waals surface area contributed by atoms with Crippen LogP contribution in [0.15, 0.2) is 0 Å². The van der Waals surface area contributed by atoms with Crippen LogP contribution in [0.25, 0.3) is 0 Å². The van der Waals surface area contributed by atoms with Crippen molar-refractivity contribution >= 4 is 15.9 Å². The van der Waals surface area contributed by atoms with Crippen molar-refractivity contribution in [2.45, 2.75) is 43.1 Å². The van der Waals surface area contributed by atoms with Gasteiger partial charge in [-0.05, 0) is 41.7 Å². The Labute approximate surface area is 82.0 Å². The first-order valence-electron chi connectivity index (χ1n) is 4.74. The molecule has 2 atom stereocenters. The summed E-state index contributed by atoms with van der Waals surface area (Å²) in [5, 5.41) is 0. The first-order chi connectivity index (χ1) is 5.67. The van der Waals surface area contributed by atoms with Crippen molar-refractivity contribution in [3.05, 3.63) is 0 Å². The molecule has 0 amide bonds. The Morgan fingerprint density at radius 3 is 2.42 bits per heavy atom. The van der Waals surface area contributed by atoms with Gasteiger partial charge in [-0.3, -0.25) is 0 Å². The van der Waals surface area contributed by atoms with Gasteiger partial charge in [-0.1, -0.05) is 19.3 Å². The van der Waals surface area contributed by atoms with Crippen LogP contribution in [-0.4, -0.2) is 11.1 Å². The van der Waals surface area contributed by atoms with Crippen molar-refractivity contribution in [1.82, 2.24) is 0 Å². The van der Waals surface area contributed by atoms with Crippen LogP contribution in [0.4, 0.5) is 4.39 Å². The molecule has 1 nitrogen and oxygen atoms in total. The lowest BCUT2D eigenvalue weighted by atomic mass is 10.1. The lowest BCUT2D eigenvalue weighted by Crippen LogP contribution is -1.97. The second kappa shape index (κ2) is 4.56. The molecule has 0 aliphatic heterocycles. The summed E-state index contributed by atoms with van der Waals surface area (Å²) >= 11 is 3.05. The summed E-state index contributed by atoms with van der Waals surface area (Å²) in [4.78, 5) is 0. The molecule has 0 aromatic carbocycles. The summed E-state index contributed by atoms with van der Waals surface area (Å²) in [6.07, 6.45) is 6.42. The molecule has 0 spiro atoms. The molecule has 1 aliphatic carbocycles. The summed E-state index contributed by atoms with van der Waals surface area (Å²) in [6, 6.07) is 0. The van der Waals surface area contributed by atoms with Crippen molar-refractivity contribution in [2.24, 2.45) is 11.7 Å². The fourth-order valence-corrected chi connectivity index (χ4v) is 2.09. The zero-order chi connectivity index (χ0) is 9.03. The van der Waals surface area contributed by atoms with Gasteiger partial charge in [-0.25, -0.2) is 4.39 Å². The Morgan fingerprint density at radius 2 is 1.92 bits per heavy atom. The lowest BCUT2D eigenvalue weighted by Gasteiger charge is -1.99. The van der Waals surface area contributed by atoms with E-state index in [1.807, 2.05) is 0 Å². The zero-order valence-electron chi connectivity index (χ0n) is 7.36. The van der Waals surface area contributed by atoms with Gasteiger partial charge >= 0.3 is 0 Å². The molecular weight excluding hydrogens is 221 g/mol. The second-order valence-electron chi connectivity index (χ2n) is 3.65. The Balaban J connectivity index is 1.85. The molecule has 1 aliphatic rings. The van der Waals surface area contributed by atoms with E-state index in [9.17, 15) is 4.39 Å². The molecule has 72 valence electrons. The van der Waals surface area contributed by atoms with Crippen LogP contribution in [0.1, 0.15) is 38.5 Å². The third-order valence-corrected chi connectivity index (χ3v) is 3.43. The van der Waals surface area contributed by atoms with Crippen molar-refractivity contribution in [3.63, 3.8) is 0 Å². The van der Waals surface area contributed by atoms with Crippen LogP contribution >= 0.6 is 15.9 Å². The van der Waals surface area contributed by atoms with E-state index in [1.54, 1.807) is 0 Å². The van der Waals surface area contributed by atoms with Gasteiger partial charge < -0.3 is 5.73 Å². The van der Waals surface area contributed by atoms with Crippen LogP contribution < -0.4 is 5.73 Å². The Hall–Kier alpha value is 0.370. The van der Waals surface area contributed by atoms with E-state index >= 15 is 0 Å². The van der Waals surface area contributed by atoms with E-state index in [2.05, 4.69) is 15.9 Å². The molecular formula is C9H17BrFN. The largest absolute Gasteiger partial charge is 0.330 e. The Morgan fingerprint density at radius 1 is 1.33 bits per heavy atom. The van der Waals surface area contributed by atoms with Gasteiger partial charge in [0.2, 0.25) is 0 Å². The number of rotatable bonds is 6. The predicted molar refractivity (Wildman–Crippen MR) is 53.0 cm³/mol. The first-order valence-corrected chi connectivity index (χ1v) is 5.54. The average molecular weight is 238 g/mol. The van der Waals surface area contributed by atoms with E-state index in [4.69, 9.17) is 5.73 Å². The van der Waals surface area contributed by atoms with Gasteiger partial charge in [0, 0.05) is 5.92 Å². The number of halogens is 2. The van der Waals surface area contributed by atoms with Crippen LogP contribution in [0.2, 0.25) is 0 Å². The summed E-state index contributed by atoms with van der Waals surface area (Å²) in [5.41, 5.74) is 5.36. The monoisotopic (exact) mass is 237 g/mol. The predicted octanol–water partition coefficient (Wildman–Crippen LogP) is 2.98. The first kappa shape index (κ1) is 10.5. The molecule has 2 unspecified atom stereocenters. The number of unbranched alkanes of at least 4 members (excludes halogenated alkanes) is 3. The highest BCUT2D eigenvalue weighted by atomic mass is 79.9. The van der Waals surface area contributed by atoms with Gasteiger partial charge in [0.25, 0.3) is 0 Å². The number of hydrogen-bond acceptors (Lipinski definition) is 1. The summed E-state index contributed by atoms with van der Waals surface area (Å²) in [7, 11) is 0. The minimum Gasteiger partial charge on any atom is -0.330 e. The Bertz CT molecular complexity index is 138. The zero-order valence-corrected chi connectivity index (χ0v) is 8.95. The number of hydrogen-bond donors (Lipinski definition) is 1. The molecule has 12 heavy (non-hydrogen) atoms. The van der Waals surface area contributed by atoms with Crippen molar-refractivity contribution < 1.29 is 4.39 Å². The van der Waals surface area contributed by atoms with Crippen molar-refractivity contribution in [3.8, 4) is 0 Å². The van der Waals surface area contributed by atoms with E-state index in [0.717, 1.165) is 25.8 Å². The van der Waals surface area contributed by atoms with Gasteiger partial charge in [0.15, 0.2) is 4.58 Å². The van der Waals surface area contributed by atoms with Gasteiger partial charge in [0.05, 0.1) is 0 Å². The van der Waals surface area contributed by atoms with Gasteiger partial charge in [0.1, 0.15) is 0 Å². The summed E-state index contributed by atoms with van der Waals surface area (Å²) in [5.74, 6) is 0.287. The van der Waals surface area contributed by atoms with Crippen LogP contribution in [0.3, 0.4) is 0 Å². The maximum atomic E-state index is 12.9. The normalized spacial score (nSPS) is 33.8. The highest BCUT2D eigenvalue weighted by Gasteiger charge is 2.52. The third-order valence-electron chi connectivity index (χ3n) is 2.46. The fourth-order valence-electron chi connectivity index (χ4n) is 1.47. The molecule has 0 saturated heterocycles. The quantitative estimate of drug-likeness (QED) is 0.558. The highest BCUT2D eigenvalue weighted by molar-refractivity contribution is 9.10. The topological polar surface area (TPSA) is 26.0 Å². The molecule has 0 aromatic rings. The Kier molecular flexibility index (Phi) is 3.97. The molecule has 0 radical (unpaired) electrons. The molecule has 2 N–H and O–H groups in total. The SMILES string of the molecule is NCCCCCCC1CC1(F)Br. The van der Waals surface area contributed by atoms with Crippen LogP contribution in [0.5, 0.6) is 0 Å². The molecule has 1 fully saturated rings. The highest BCUT2D eigenvalue weighted by Crippen LogP contribution is 2.54. The van der Waals surface area contributed by atoms with Gasteiger partial charge in [-0.2, -0.15) is 0 Å². The average Bonchev–Trinajstić information content (AvgIpc) is 2.59. The molecule has 1 saturated carbocycles. The smallest absolute Gasteiger partial charge is 0.168 e. The van der Waals surface area contributed by atoms with E-state index in [0.29, 0.717) is 6.42 Å².